The molecule has 1 amide bonds. The molecule has 1 aliphatic carbocycles. The number of nitrogens with one attached hydrogen (secondary N) is 1. The molecule has 0 aromatic heterocycles. The molecule has 1 aromatic rings. The summed E-state index contributed by atoms with van der Waals surface area (Å²) in [6.45, 7) is -0.163. The first-order chi connectivity index (χ1) is 9.15. The minimum Gasteiger partial charge on any atom is -0.481 e. The summed E-state index contributed by atoms with van der Waals surface area (Å²) in [4.78, 5) is 11.7. The number of carbonyl (C=O) groups is 1. The zero-order chi connectivity index (χ0) is 13.7. The number of hydrogen-bond donors (Lipinski definition) is 2. The van der Waals surface area contributed by atoms with Crippen molar-refractivity contribution in [1.82, 2.24) is 5.32 Å². The predicted octanol–water partition coefficient (Wildman–Crippen LogP) is 1.59. The maximum absolute atomic E-state index is 13.3. The van der Waals surface area contributed by atoms with Crippen molar-refractivity contribution >= 4 is 5.91 Å². The number of amides is 1. The van der Waals surface area contributed by atoms with Crippen molar-refractivity contribution in [2.24, 2.45) is 5.73 Å². The van der Waals surface area contributed by atoms with Crippen molar-refractivity contribution in [1.29, 1.82) is 0 Å². The number of hydrogen-bond acceptors (Lipinski definition) is 3. The van der Waals surface area contributed by atoms with Crippen LogP contribution in [0.3, 0.4) is 0 Å². The number of ether oxygens (including phenoxy) is 1. The van der Waals surface area contributed by atoms with Gasteiger partial charge >= 0.3 is 0 Å². The lowest BCUT2D eigenvalue weighted by atomic mass is 9.92. The molecule has 5 heteroatoms. The highest BCUT2D eigenvalue weighted by molar-refractivity contribution is 5.77. The minimum atomic E-state index is -0.459. The molecule has 0 heterocycles. The largest absolute Gasteiger partial charge is 0.481 e. The van der Waals surface area contributed by atoms with Gasteiger partial charge in [-0.05, 0) is 37.8 Å². The Morgan fingerprint density at radius 2 is 2.00 bits per heavy atom. The second-order valence-corrected chi connectivity index (χ2v) is 4.90. The van der Waals surface area contributed by atoms with E-state index in [4.69, 9.17) is 10.5 Å². The third kappa shape index (κ3) is 4.21. The third-order valence-electron chi connectivity index (χ3n) is 3.33. The van der Waals surface area contributed by atoms with Gasteiger partial charge in [0.1, 0.15) is 0 Å². The second kappa shape index (κ2) is 6.52. The molecule has 0 unspecified atom stereocenters. The van der Waals surface area contributed by atoms with Crippen LogP contribution in [0.1, 0.15) is 25.7 Å². The van der Waals surface area contributed by atoms with Crippen LogP contribution in [0, 0.1) is 5.82 Å². The van der Waals surface area contributed by atoms with E-state index in [0.717, 1.165) is 25.7 Å². The fourth-order valence-electron chi connectivity index (χ4n) is 2.24. The molecule has 1 fully saturated rings. The first-order valence-electron chi connectivity index (χ1n) is 6.57. The minimum absolute atomic E-state index is 0.100. The fraction of sp³-hybridized carbons (Fsp3) is 0.500. The topological polar surface area (TPSA) is 64.3 Å². The van der Waals surface area contributed by atoms with Gasteiger partial charge in [0.05, 0.1) is 0 Å². The Labute approximate surface area is 112 Å². The highest BCUT2D eigenvalue weighted by Crippen LogP contribution is 2.17. The number of para-hydroxylation sites is 1. The quantitative estimate of drug-likeness (QED) is 0.870. The van der Waals surface area contributed by atoms with E-state index >= 15 is 0 Å². The van der Waals surface area contributed by atoms with Crippen LogP contribution in [0.5, 0.6) is 5.75 Å². The molecule has 0 saturated heterocycles. The molecule has 0 spiro atoms. The Kier molecular flexibility index (Phi) is 4.74. The van der Waals surface area contributed by atoms with Crippen LogP contribution in [0.25, 0.3) is 0 Å². The first kappa shape index (κ1) is 13.8. The zero-order valence-electron chi connectivity index (χ0n) is 10.8. The van der Waals surface area contributed by atoms with Crippen LogP contribution >= 0.6 is 0 Å². The molecule has 104 valence electrons. The zero-order valence-corrected chi connectivity index (χ0v) is 10.8. The molecule has 1 saturated carbocycles. The van der Waals surface area contributed by atoms with Gasteiger partial charge in [-0.25, -0.2) is 4.39 Å². The summed E-state index contributed by atoms with van der Waals surface area (Å²) in [7, 11) is 0. The molecule has 0 radical (unpaired) electrons. The Morgan fingerprint density at radius 3 is 2.68 bits per heavy atom. The second-order valence-electron chi connectivity index (χ2n) is 4.90. The van der Waals surface area contributed by atoms with Gasteiger partial charge in [0.2, 0.25) is 0 Å². The molecule has 2 rings (SSSR count). The van der Waals surface area contributed by atoms with Crippen molar-refractivity contribution in [3.05, 3.63) is 30.1 Å². The monoisotopic (exact) mass is 266 g/mol. The maximum Gasteiger partial charge on any atom is 0.258 e. The van der Waals surface area contributed by atoms with E-state index in [1.54, 1.807) is 12.1 Å². The summed E-state index contributed by atoms with van der Waals surface area (Å²) in [6, 6.07) is 6.46. The van der Waals surface area contributed by atoms with Crippen LogP contribution in [-0.2, 0) is 4.79 Å². The highest BCUT2D eigenvalue weighted by atomic mass is 19.1. The van der Waals surface area contributed by atoms with Gasteiger partial charge in [0, 0.05) is 12.1 Å². The Bertz CT molecular complexity index is 431. The Morgan fingerprint density at radius 1 is 1.32 bits per heavy atom. The maximum atomic E-state index is 13.3. The fourth-order valence-corrected chi connectivity index (χ4v) is 2.24. The van der Waals surface area contributed by atoms with Gasteiger partial charge in [-0.1, -0.05) is 12.1 Å². The molecule has 1 aliphatic rings. The van der Waals surface area contributed by atoms with Crippen LogP contribution in [0.15, 0.2) is 24.3 Å². The molecule has 0 aliphatic heterocycles. The molecular formula is C14H19FN2O2. The summed E-state index contributed by atoms with van der Waals surface area (Å²) in [5, 5.41) is 2.89. The van der Waals surface area contributed by atoms with Gasteiger partial charge in [-0.3, -0.25) is 4.79 Å². The normalized spacial score (nSPS) is 22.8. The SMILES string of the molecule is NC1CCC(NC(=O)COc2ccccc2F)CC1. The number of rotatable bonds is 4. The number of benzene rings is 1. The average Bonchev–Trinajstić information content (AvgIpc) is 2.40. The summed E-state index contributed by atoms with van der Waals surface area (Å²) >= 11 is 0. The van der Waals surface area contributed by atoms with Crippen LogP contribution < -0.4 is 15.8 Å². The van der Waals surface area contributed by atoms with E-state index in [1.165, 1.54) is 12.1 Å². The third-order valence-corrected chi connectivity index (χ3v) is 3.33. The van der Waals surface area contributed by atoms with E-state index in [2.05, 4.69) is 5.32 Å². The van der Waals surface area contributed by atoms with Crippen molar-refractivity contribution < 1.29 is 13.9 Å². The molecule has 19 heavy (non-hydrogen) atoms. The smallest absolute Gasteiger partial charge is 0.258 e. The van der Waals surface area contributed by atoms with E-state index in [0.29, 0.717) is 0 Å². The van der Waals surface area contributed by atoms with E-state index in [9.17, 15) is 9.18 Å². The van der Waals surface area contributed by atoms with Crippen molar-refractivity contribution in [3.63, 3.8) is 0 Å². The molecule has 0 atom stereocenters. The first-order valence-corrected chi connectivity index (χ1v) is 6.57. The Balaban J connectivity index is 1.74. The average molecular weight is 266 g/mol. The lowest BCUT2D eigenvalue weighted by molar-refractivity contribution is -0.124. The summed E-state index contributed by atoms with van der Waals surface area (Å²) in [6.07, 6.45) is 3.65. The van der Waals surface area contributed by atoms with Gasteiger partial charge in [-0.15, -0.1) is 0 Å². The lowest BCUT2D eigenvalue weighted by Crippen LogP contribution is -2.42. The van der Waals surface area contributed by atoms with Crippen molar-refractivity contribution in [3.8, 4) is 5.75 Å². The highest BCUT2D eigenvalue weighted by Gasteiger charge is 2.20. The van der Waals surface area contributed by atoms with Gasteiger partial charge in [0.15, 0.2) is 18.2 Å². The predicted molar refractivity (Wildman–Crippen MR) is 70.3 cm³/mol. The molecule has 1 aromatic carbocycles. The van der Waals surface area contributed by atoms with Gasteiger partial charge in [0.25, 0.3) is 5.91 Å². The van der Waals surface area contributed by atoms with Crippen LogP contribution in [0.2, 0.25) is 0 Å². The lowest BCUT2D eigenvalue weighted by Gasteiger charge is -2.26. The summed E-state index contributed by atoms with van der Waals surface area (Å²) < 4.78 is 18.4. The van der Waals surface area contributed by atoms with E-state index in [-0.39, 0.29) is 30.3 Å². The molecule has 4 nitrogen and oxygen atoms in total. The number of halogens is 1. The van der Waals surface area contributed by atoms with Crippen molar-refractivity contribution in [2.45, 2.75) is 37.8 Å². The van der Waals surface area contributed by atoms with Gasteiger partial charge in [-0.2, -0.15) is 0 Å². The van der Waals surface area contributed by atoms with E-state index < -0.39 is 5.82 Å². The van der Waals surface area contributed by atoms with Crippen LogP contribution in [0.4, 0.5) is 4.39 Å². The molecule has 0 bridgehead atoms. The summed E-state index contributed by atoms with van der Waals surface area (Å²) in [5.74, 6) is -0.578. The Hall–Kier alpha value is -1.62. The summed E-state index contributed by atoms with van der Waals surface area (Å²) in [5.41, 5.74) is 5.80. The van der Waals surface area contributed by atoms with Crippen LogP contribution in [-0.4, -0.2) is 24.6 Å². The number of nitrogens with two attached hydrogens (primary N) is 1. The number of carbonyl (C=O) groups excluding carboxylic acids is 1. The molecule has 3 N–H and O–H groups in total. The van der Waals surface area contributed by atoms with Gasteiger partial charge < -0.3 is 15.8 Å². The van der Waals surface area contributed by atoms with Crippen molar-refractivity contribution in [2.75, 3.05) is 6.61 Å². The molecular weight excluding hydrogens is 247 g/mol. The van der Waals surface area contributed by atoms with E-state index in [1.807, 2.05) is 0 Å². The standard InChI is InChI=1S/C14H19FN2O2/c15-12-3-1-2-4-13(12)19-9-14(18)17-11-7-5-10(16)6-8-11/h1-4,10-11H,5-9,16H2,(H,17,18).